The van der Waals surface area contributed by atoms with E-state index in [0.717, 1.165) is 24.1 Å². The third-order valence-corrected chi connectivity index (χ3v) is 3.28. The largest absolute Gasteiger partial charge is 0.313 e. The van der Waals surface area contributed by atoms with E-state index in [1.54, 1.807) is 25.1 Å². The summed E-state index contributed by atoms with van der Waals surface area (Å²) in [5, 5.41) is 3.19. The minimum atomic E-state index is -0.222. The van der Waals surface area contributed by atoms with E-state index in [1.807, 2.05) is 6.07 Å². The van der Waals surface area contributed by atoms with Crippen LogP contribution in [0.15, 0.2) is 36.4 Å². The lowest BCUT2D eigenvalue weighted by atomic mass is 10.0. The molecule has 0 aliphatic carbocycles. The van der Waals surface area contributed by atoms with Crippen LogP contribution in [-0.2, 0) is 6.54 Å². The summed E-state index contributed by atoms with van der Waals surface area (Å²) in [5.74, 6) is -0.433. The first-order valence-electron chi connectivity index (χ1n) is 6.87. The van der Waals surface area contributed by atoms with E-state index in [0.29, 0.717) is 17.7 Å². The highest BCUT2D eigenvalue weighted by Gasteiger charge is 2.06. The summed E-state index contributed by atoms with van der Waals surface area (Å²) in [6, 6.07) is 9.97. The third kappa shape index (κ3) is 3.42. The molecule has 0 saturated carbocycles. The van der Waals surface area contributed by atoms with Crippen molar-refractivity contribution in [3.63, 3.8) is 0 Å². The van der Waals surface area contributed by atoms with Crippen molar-refractivity contribution in [3.8, 4) is 11.1 Å². The van der Waals surface area contributed by atoms with E-state index in [4.69, 9.17) is 0 Å². The van der Waals surface area contributed by atoms with Gasteiger partial charge in [-0.1, -0.05) is 19.1 Å². The zero-order valence-electron chi connectivity index (χ0n) is 11.8. The zero-order chi connectivity index (χ0) is 14.5. The van der Waals surface area contributed by atoms with Gasteiger partial charge >= 0.3 is 0 Å². The zero-order valence-corrected chi connectivity index (χ0v) is 11.8. The van der Waals surface area contributed by atoms with E-state index < -0.39 is 0 Å². The van der Waals surface area contributed by atoms with Crippen molar-refractivity contribution >= 4 is 0 Å². The van der Waals surface area contributed by atoms with Gasteiger partial charge in [0.2, 0.25) is 0 Å². The molecule has 0 aliphatic rings. The van der Waals surface area contributed by atoms with E-state index >= 15 is 0 Å². The molecule has 0 spiro atoms. The lowest BCUT2D eigenvalue weighted by Crippen LogP contribution is -2.14. The van der Waals surface area contributed by atoms with Crippen molar-refractivity contribution in [3.05, 3.63) is 59.2 Å². The fourth-order valence-electron chi connectivity index (χ4n) is 2.11. The van der Waals surface area contributed by atoms with Crippen LogP contribution in [0.3, 0.4) is 0 Å². The first-order valence-corrected chi connectivity index (χ1v) is 6.87. The molecule has 1 N–H and O–H groups in total. The molecule has 0 heterocycles. The van der Waals surface area contributed by atoms with Gasteiger partial charge in [0.1, 0.15) is 11.6 Å². The first kappa shape index (κ1) is 14.7. The predicted octanol–water partition coefficient (Wildman–Crippen LogP) is 4.44. The molecule has 0 bridgehead atoms. The Kier molecular flexibility index (Phi) is 4.85. The quantitative estimate of drug-likeness (QED) is 0.795. The standard InChI is InChI=1S/C17H19F2N/c1-3-8-20-11-15-10-14(5-7-17(15)19)13-4-6-16(18)12(2)9-13/h4-7,9-10,20H,3,8,11H2,1-2H3. The summed E-state index contributed by atoms with van der Waals surface area (Å²) in [5.41, 5.74) is 3.04. The van der Waals surface area contributed by atoms with Crippen LogP contribution in [0.4, 0.5) is 8.78 Å². The second-order valence-corrected chi connectivity index (χ2v) is 4.95. The van der Waals surface area contributed by atoms with Gasteiger partial charge in [0.05, 0.1) is 0 Å². The minimum absolute atomic E-state index is 0.212. The van der Waals surface area contributed by atoms with Crippen molar-refractivity contribution in [1.29, 1.82) is 0 Å². The number of benzene rings is 2. The van der Waals surface area contributed by atoms with Crippen LogP contribution in [0.5, 0.6) is 0 Å². The summed E-state index contributed by atoms with van der Waals surface area (Å²) < 4.78 is 27.0. The number of aryl methyl sites for hydroxylation is 1. The van der Waals surface area contributed by atoms with Crippen molar-refractivity contribution in [1.82, 2.24) is 5.32 Å². The van der Waals surface area contributed by atoms with Crippen LogP contribution in [0.2, 0.25) is 0 Å². The molecule has 0 fully saturated rings. The van der Waals surface area contributed by atoms with Crippen LogP contribution in [0.1, 0.15) is 24.5 Å². The molecule has 2 rings (SSSR count). The molecule has 0 saturated heterocycles. The highest BCUT2D eigenvalue weighted by Crippen LogP contribution is 2.24. The van der Waals surface area contributed by atoms with Crippen LogP contribution < -0.4 is 5.32 Å². The summed E-state index contributed by atoms with van der Waals surface area (Å²) in [4.78, 5) is 0. The van der Waals surface area contributed by atoms with E-state index in [-0.39, 0.29) is 11.6 Å². The normalized spacial score (nSPS) is 10.8. The summed E-state index contributed by atoms with van der Waals surface area (Å²) in [6.45, 7) is 5.17. The lowest BCUT2D eigenvalue weighted by molar-refractivity contribution is 0.587. The molecule has 20 heavy (non-hydrogen) atoms. The molecule has 0 aromatic heterocycles. The Balaban J connectivity index is 2.27. The Labute approximate surface area is 118 Å². The molecule has 0 amide bonds. The van der Waals surface area contributed by atoms with Gasteiger partial charge < -0.3 is 5.32 Å². The maximum absolute atomic E-state index is 13.8. The number of rotatable bonds is 5. The second-order valence-electron chi connectivity index (χ2n) is 4.95. The van der Waals surface area contributed by atoms with Gasteiger partial charge in [-0.2, -0.15) is 0 Å². The van der Waals surface area contributed by atoms with E-state index in [9.17, 15) is 8.78 Å². The van der Waals surface area contributed by atoms with Gasteiger partial charge in [0, 0.05) is 12.1 Å². The Morgan fingerprint density at radius 2 is 1.60 bits per heavy atom. The Morgan fingerprint density at radius 1 is 0.950 bits per heavy atom. The van der Waals surface area contributed by atoms with Crippen LogP contribution in [0, 0.1) is 18.6 Å². The monoisotopic (exact) mass is 275 g/mol. The van der Waals surface area contributed by atoms with Gasteiger partial charge in [0.25, 0.3) is 0 Å². The van der Waals surface area contributed by atoms with Crippen molar-refractivity contribution < 1.29 is 8.78 Å². The fourth-order valence-corrected chi connectivity index (χ4v) is 2.11. The maximum atomic E-state index is 13.8. The number of hydrogen-bond acceptors (Lipinski definition) is 1. The highest BCUT2D eigenvalue weighted by atomic mass is 19.1. The Bertz CT molecular complexity index is 594. The first-order chi connectivity index (χ1) is 9.61. The van der Waals surface area contributed by atoms with Crippen LogP contribution in [0.25, 0.3) is 11.1 Å². The lowest BCUT2D eigenvalue weighted by Gasteiger charge is -2.09. The second kappa shape index (κ2) is 6.62. The van der Waals surface area contributed by atoms with Crippen molar-refractivity contribution in [2.24, 2.45) is 0 Å². The van der Waals surface area contributed by atoms with Gasteiger partial charge in [-0.25, -0.2) is 8.78 Å². The topological polar surface area (TPSA) is 12.0 Å². The predicted molar refractivity (Wildman–Crippen MR) is 78.5 cm³/mol. The number of nitrogens with one attached hydrogen (secondary N) is 1. The molecule has 0 radical (unpaired) electrons. The Morgan fingerprint density at radius 3 is 2.25 bits per heavy atom. The third-order valence-electron chi connectivity index (χ3n) is 3.28. The van der Waals surface area contributed by atoms with Crippen molar-refractivity contribution in [2.45, 2.75) is 26.8 Å². The summed E-state index contributed by atoms with van der Waals surface area (Å²) in [7, 11) is 0. The molecule has 2 aromatic carbocycles. The number of hydrogen-bond donors (Lipinski definition) is 1. The molecular formula is C17H19F2N. The van der Waals surface area contributed by atoms with Crippen LogP contribution >= 0.6 is 0 Å². The molecule has 0 atom stereocenters. The SMILES string of the molecule is CCCNCc1cc(-c2ccc(F)c(C)c2)ccc1F. The molecule has 0 aliphatic heterocycles. The summed E-state index contributed by atoms with van der Waals surface area (Å²) in [6.07, 6.45) is 1.01. The average molecular weight is 275 g/mol. The van der Waals surface area contributed by atoms with Crippen LogP contribution in [-0.4, -0.2) is 6.54 Å². The minimum Gasteiger partial charge on any atom is -0.313 e. The van der Waals surface area contributed by atoms with Crippen molar-refractivity contribution in [2.75, 3.05) is 6.54 Å². The fraction of sp³-hybridized carbons (Fsp3) is 0.294. The molecule has 1 nitrogen and oxygen atoms in total. The average Bonchev–Trinajstić information content (AvgIpc) is 2.44. The van der Waals surface area contributed by atoms with Gasteiger partial charge in [-0.3, -0.25) is 0 Å². The number of halogens is 2. The summed E-state index contributed by atoms with van der Waals surface area (Å²) >= 11 is 0. The molecule has 2 aromatic rings. The van der Waals surface area contributed by atoms with Gasteiger partial charge in [-0.15, -0.1) is 0 Å². The van der Waals surface area contributed by atoms with E-state index in [2.05, 4.69) is 12.2 Å². The molecule has 0 unspecified atom stereocenters. The smallest absolute Gasteiger partial charge is 0.127 e. The highest BCUT2D eigenvalue weighted by molar-refractivity contribution is 5.65. The van der Waals surface area contributed by atoms with Gasteiger partial charge in [-0.05, 0) is 60.8 Å². The molecular weight excluding hydrogens is 256 g/mol. The van der Waals surface area contributed by atoms with E-state index in [1.165, 1.54) is 12.1 Å². The molecule has 106 valence electrons. The van der Waals surface area contributed by atoms with Gasteiger partial charge in [0.15, 0.2) is 0 Å². The molecule has 3 heteroatoms. The maximum Gasteiger partial charge on any atom is 0.127 e. The Hall–Kier alpha value is -1.74.